The van der Waals surface area contributed by atoms with Crippen molar-refractivity contribution in [2.75, 3.05) is 31.2 Å². The smallest absolute Gasteiger partial charge is 0.147 e. The molecule has 1 aliphatic rings. The van der Waals surface area contributed by atoms with E-state index in [1.807, 2.05) is 18.2 Å². The van der Waals surface area contributed by atoms with E-state index in [4.69, 9.17) is 4.74 Å². The molecule has 0 spiro atoms. The first-order valence-electron chi connectivity index (χ1n) is 10.2. The maximum Gasteiger partial charge on any atom is 0.147 e. The van der Waals surface area contributed by atoms with Crippen LogP contribution >= 0.6 is 0 Å². The molecule has 1 aliphatic heterocycles. The number of anilines is 1. The van der Waals surface area contributed by atoms with Gasteiger partial charge in [-0.3, -0.25) is 4.98 Å². The van der Waals surface area contributed by atoms with Gasteiger partial charge in [0.25, 0.3) is 0 Å². The summed E-state index contributed by atoms with van der Waals surface area (Å²) in [6.07, 6.45) is 3.30. The van der Waals surface area contributed by atoms with Crippen molar-refractivity contribution in [1.82, 2.24) is 15.0 Å². The molecule has 32 heavy (non-hydrogen) atoms. The van der Waals surface area contributed by atoms with Gasteiger partial charge in [0.15, 0.2) is 0 Å². The molecule has 5 rings (SSSR count). The minimum Gasteiger partial charge on any atom is -0.378 e. The van der Waals surface area contributed by atoms with Crippen molar-refractivity contribution in [3.63, 3.8) is 0 Å². The molecule has 1 saturated heterocycles. The highest BCUT2D eigenvalue weighted by atomic mass is 19.1. The maximum atomic E-state index is 14.8. The number of aromatic nitrogens is 3. The van der Waals surface area contributed by atoms with Crippen molar-refractivity contribution in [2.24, 2.45) is 0 Å². The normalized spacial score (nSPS) is 14.2. The number of rotatable bonds is 4. The summed E-state index contributed by atoms with van der Waals surface area (Å²) in [4.78, 5) is 14.4. The third kappa shape index (κ3) is 3.89. The first-order chi connectivity index (χ1) is 15.6. The quantitative estimate of drug-likeness (QED) is 0.470. The highest BCUT2D eigenvalue weighted by Gasteiger charge is 2.17. The molecule has 0 atom stereocenters. The Morgan fingerprint density at radius 3 is 2.44 bits per heavy atom. The van der Waals surface area contributed by atoms with Crippen LogP contribution in [-0.4, -0.2) is 41.3 Å². The van der Waals surface area contributed by atoms with Crippen molar-refractivity contribution in [2.45, 2.75) is 6.42 Å². The van der Waals surface area contributed by atoms with Gasteiger partial charge in [-0.15, -0.1) is 0 Å². The Kier molecular flexibility index (Phi) is 5.45. The Labute approximate surface area is 182 Å². The Morgan fingerprint density at radius 1 is 0.875 bits per heavy atom. The number of hydrogen-bond donors (Lipinski definition) is 0. The number of benzene rings is 2. The van der Waals surface area contributed by atoms with Crippen LogP contribution < -0.4 is 4.90 Å². The van der Waals surface area contributed by atoms with Gasteiger partial charge in [0.05, 0.1) is 36.8 Å². The summed E-state index contributed by atoms with van der Waals surface area (Å²) in [5.41, 5.74) is 2.84. The molecular weight excluding hydrogens is 417 g/mol. The van der Waals surface area contributed by atoms with E-state index in [0.717, 1.165) is 31.2 Å². The minimum absolute atomic E-state index is 0.0301. The highest BCUT2D eigenvalue weighted by Crippen LogP contribution is 2.31. The van der Waals surface area contributed by atoms with Gasteiger partial charge in [0, 0.05) is 41.7 Å². The van der Waals surface area contributed by atoms with E-state index in [0.29, 0.717) is 35.4 Å². The van der Waals surface area contributed by atoms with E-state index in [1.54, 1.807) is 6.07 Å². The summed E-state index contributed by atoms with van der Waals surface area (Å²) in [6.45, 7) is 2.93. The van der Waals surface area contributed by atoms with Crippen molar-refractivity contribution >= 4 is 16.6 Å². The van der Waals surface area contributed by atoms with Crippen LogP contribution in [-0.2, 0) is 11.2 Å². The SMILES string of the molecule is Fc1ccc(Cc2c(F)cncc2F)cc1-c1ncnc2cc(N3CCOCC3)ccc12. The highest BCUT2D eigenvalue weighted by molar-refractivity contribution is 5.94. The molecule has 0 aliphatic carbocycles. The van der Waals surface area contributed by atoms with Crippen LogP contribution in [0.15, 0.2) is 55.1 Å². The van der Waals surface area contributed by atoms with Crippen molar-refractivity contribution in [1.29, 1.82) is 0 Å². The van der Waals surface area contributed by atoms with Crippen LogP contribution in [0.4, 0.5) is 18.9 Å². The molecule has 2 aromatic heterocycles. The molecule has 5 nitrogen and oxygen atoms in total. The molecule has 4 aromatic rings. The summed E-state index contributed by atoms with van der Waals surface area (Å²) < 4.78 is 48.3. The molecule has 0 bridgehead atoms. The predicted octanol–water partition coefficient (Wildman–Crippen LogP) is 4.54. The van der Waals surface area contributed by atoms with E-state index in [1.165, 1.54) is 18.5 Å². The second-order valence-electron chi connectivity index (χ2n) is 7.60. The van der Waals surface area contributed by atoms with Crippen molar-refractivity contribution in [3.8, 4) is 11.3 Å². The lowest BCUT2D eigenvalue weighted by molar-refractivity contribution is 0.122. The molecule has 0 unspecified atom stereocenters. The zero-order valence-corrected chi connectivity index (χ0v) is 17.1. The topological polar surface area (TPSA) is 51.1 Å². The van der Waals surface area contributed by atoms with E-state index in [-0.39, 0.29) is 17.5 Å². The third-order valence-corrected chi connectivity index (χ3v) is 5.62. The van der Waals surface area contributed by atoms with E-state index in [9.17, 15) is 13.2 Å². The summed E-state index contributed by atoms with van der Waals surface area (Å²) in [6, 6.07) is 10.2. The summed E-state index contributed by atoms with van der Waals surface area (Å²) in [5.74, 6) is -1.94. The number of fused-ring (bicyclic) bond motifs is 1. The van der Waals surface area contributed by atoms with Crippen molar-refractivity contribution in [3.05, 3.63) is 83.7 Å². The molecule has 0 N–H and O–H groups in total. The standard InChI is InChI=1S/C24H19F3N4O/c25-20-4-1-15(9-18-21(26)12-28-13-22(18)27)10-19(20)24-17-3-2-16(11-23(17)29-14-30-24)31-5-7-32-8-6-31/h1-4,10-14H,5-9H2. The maximum absolute atomic E-state index is 14.8. The molecule has 1 fully saturated rings. The number of pyridine rings is 1. The first-order valence-corrected chi connectivity index (χ1v) is 10.2. The van der Waals surface area contributed by atoms with Crippen LogP contribution in [0, 0.1) is 17.5 Å². The average Bonchev–Trinajstić information content (AvgIpc) is 2.82. The van der Waals surface area contributed by atoms with Gasteiger partial charge in [0.1, 0.15) is 23.8 Å². The predicted molar refractivity (Wildman–Crippen MR) is 115 cm³/mol. The fraction of sp³-hybridized carbons (Fsp3) is 0.208. The van der Waals surface area contributed by atoms with Gasteiger partial charge in [0.2, 0.25) is 0 Å². The molecule has 162 valence electrons. The summed E-state index contributed by atoms with van der Waals surface area (Å²) in [5, 5.41) is 0.696. The number of nitrogens with zero attached hydrogens (tertiary/aromatic N) is 4. The Hall–Kier alpha value is -3.52. The molecule has 0 saturated carbocycles. The molecule has 0 radical (unpaired) electrons. The Balaban J connectivity index is 1.54. The van der Waals surface area contributed by atoms with Crippen molar-refractivity contribution < 1.29 is 17.9 Å². The van der Waals surface area contributed by atoms with Crippen LogP contribution in [0.5, 0.6) is 0 Å². The number of ether oxygens (including phenoxy) is 1. The van der Waals surface area contributed by atoms with E-state index >= 15 is 0 Å². The van der Waals surface area contributed by atoms with E-state index in [2.05, 4.69) is 19.9 Å². The fourth-order valence-electron chi connectivity index (χ4n) is 3.95. The zero-order valence-electron chi connectivity index (χ0n) is 17.1. The molecule has 3 heterocycles. The third-order valence-electron chi connectivity index (χ3n) is 5.62. The lowest BCUT2D eigenvalue weighted by atomic mass is 9.99. The number of hydrogen-bond acceptors (Lipinski definition) is 5. The van der Waals surface area contributed by atoms with Crippen LogP contribution in [0.25, 0.3) is 22.2 Å². The number of morpholine rings is 1. The molecule has 2 aromatic carbocycles. The Bertz CT molecular complexity index is 1270. The van der Waals surface area contributed by atoms with E-state index < -0.39 is 17.5 Å². The molecule has 8 heteroatoms. The van der Waals surface area contributed by atoms with Gasteiger partial charge in [-0.05, 0) is 35.9 Å². The minimum atomic E-state index is -0.737. The van der Waals surface area contributed by atoms with Gasteiger partial charge in [-0.1, -0.05) is 6.07 Å². The van der Waals surface area contributed by atoms with Gasteiger partial charge >= 0.3 is 0 Å². The van der Waals surface area contributed by atoms with Crippen LogP contribution in [0.2, 0.25) is 0 Å². The van der Waals surface area contributed by atoms with Gasteiger partial charge in [-0.25, -0.2) is 23.1 Å². The van der Waals surface area contributed by atoms with Crippen LogP contribution in [0.3, 0.4) is 0 Å². The van der Waals surface area contributed by atoms with Crippen LogP contribution in [0.1, 0.15) is 11.1 Å². The summed E-state index contributed by atoms with van der Waals surface area (Å²) in [7, 11) is 0. The second kappa shape index (κ2) is 8.55. The number of halogens is 3. The largest absolute Gasteiger partial charge is 0.378 e. The molecule has 0 amide bonds. The Morgan fingerprint density at radius 2 is 1.66 bits per heavy atom. The lowest BCUT2D eigenvalue weighted by Crippen LogP contribution is -2.36. The van der Waals surface area contributed by atoms with Gasteiger partial charge in [-0.2, -0.15) is 0 Å². The average molecular weight is 436 g/mol. The second-order valence-corrected chi connectivity index (χ2v) is 7.60. The first kappa shape index (κ1) is 20.4. The zero-order chi connectivity index (χ0) is 22.1. The summed E-state index contributed by atoms with van der Waals surface area (Å²) >= 11 is 0. The lowest BCUT2D eigenvalue weighted by Gasteiger charge is -2.29. The van der Waals surface area contributed by atoms with Gasteiger partial charge < -0.3 is 9.64 Å². The molecular formula is C24H19F3N4O. The fourth-order valence-corrected chi connectivity index (χ4v) is 3.95. The monoisotopic (exact) mass is 436 g/mol.